The summed E-state index contributed by atoms with van der Waals surface area (Å²) in [6, 6.07) is 34.1. The minimum Gasteiger partial charge on any atom is -0.392 e. The lowest BCUT2D eigenvalue weighted by Gasteiger charge is -2.42. The zero-order valence-electron chi connectivity index (χ0n) is 26.1. The van der Waals surface area contributed by atoms with Gasteiger partial charge < -0.3 is 30.1 Å². The molecule has 1 aliphatic rings. The maximum Gasteiger partial charge on any atom is 0.315 e. The molecule has 0 spiro atoms. The number of carbonyl (C=O) groups is 1. The van der Waals surface area contributed by atoms with Crippen molar-refractivity contribution in [3.63, 3.8) is 0 Å². The molecule has 0 aliphatic carbocycles. The number of ether oxygens (including phenoxy) is 2. The van der Waals surface area contributed by atoms with Gasteiger partial charge in [0.15, 0.2) is 6.29 Å². The molecule has 2 amide bonds. The van der Waals surface area contributed by atoms with E-state index in [1.807, 2.05) is 72.8 Å². The van der Waals surface area contributed by atoms with E-state index in [9.17, 15) is 9.90 Å². The Hall–Kier alpha value is -4.27. The van der Waals surface area contributed by atoms with Gasteiger partial charge in [0, 0.05) is 37.7 Å². The van der Waals surface area contributed by atoms with Gasteiger partial charge in [0.05, 0.1) is 18.8 Å². The highest BCUT2D eigenvalue weighted by molar-refractivity contribution is 5.74. The Morgan fingerprint density at radius 2 is 1.49 bits per heavy atom. The molecule has 4 aromatic carbocycles. The fourth-order valence-corrected chi connectivity index (χ4v) is 5.65. The Kier molecular flexibility index (Phi) is 11.2. The number of hydrogen-bond donors (Lipinski definition) is 3. The monoisotopic (exact) mass is 605 g/mol. The molecule has 7 nitrogen and oxygen atoms in total. The number of carbonyl (C=O) groups excluding carboxylic acids is 1. The summed E-state index contributed by atoms with van der Waals surface area (Å²) in [5.74, 6) is 0.115. The largest absolute Gasteiger partial charge is 0.392 e. The number of hydrogen-bond acceptors (Lipinski definition) is 5. The first kappa shape index (κ1) is 32.1. The van der Waals surface area contributed by atoms with E-state index >= 15 is 0 Å². The maximum absolute atomic E-state index is 12.3. The van der Waals surface area contributed by atoms with E-state index < -0.39 is 6.29 Å². The SMILES string of the molecule is C=CCN(C)C[C@H]1O[C@@H](c2ccc(-c3cccc(CNC(=O)NCc4ccccc4)c3)cc2)O[C@@H](c2ccc(CO)cc2)[C@H]1C. The van der Waals surface area contributed by atoms with Crippen molar-refractivity contribution in [3.8, 4) is 11.1 Å². The lowest BCUT2D eigenvalue weighted by atomic mass is 9.90. The lowest BCUT2D eigenvalue weighted by molar-refractivity contribution is -0.275. The van der Waals surface area contributed by atoms with Gasteiger partial charge in [-0.15, -0.1) is 6.58 Å². The average Bonchev–Trinajstić information content (AvgIpc) is 3.08. The second-order valence-corrected chi connectivity index (χ2v) is 11.7. The van der Waals surface area contributed by atoms with Crippen molar-refractivity contribution in [3.05, 3.63) is 144 Å². The number of benzene rings is 4. The minimum absolute atomic E-state index is 0.0118. The third-order valence-electron chi connectivity index (χ3n) is 8.25. The maximum atomic E-state index is 12.3. The van der Waals surface area contributed by atoms with Crippen molar-refractivity contribution in [2.75, 3.05) is 20.1 Å². The van der Waals surface area contributed by atoms with Crippen molar-refractivity contribution in [1.82, 2.24) is 15.5 Å². The summed E-state index contributed by atoms with van der Waals surface area (Å²) in [4.78, 5) is 14.6. The van der Waals surface area contributed by atoms with E-state index in [-0.39, 0.29) is 30.8 Å². The summed E-state index contributed by atoms with van der Waals surface area (Å²) < 4.78 is 13.2. The van der Waals surface area contributed by atoms with E-state index in [4.69, 9.17) is 9.47 Å². The number of nitrogens with zero attached hydrogens (tertiary/aromatic N) is 1. The Morgan fingerprint density at radius 1 is 0.822 bits per heavy atom. The third kappa shape index (κ3) is 8.68. The first-order chi connectivity index (χ1) is 21.9. The summed E-state index contributed by atoms with van der Waals surface area (Å²) >= 11 is 0. The molecule has 3 N–H and O–H groups in total. The molecule has 1 fully saturated rings. The molecule has 0 unspecified atom stereocenters. The summed E-state index contributed by atoms with van der Waals surface area (Å²) in [5, 5.41) is 15.4. The topological polar surface area (TPSA) is 83.1 Å². The van der Waals surface area contributed by atoms with E-state index in [1.54, 1.807) is 0 Å². The number of urea groups is 1. The van der Waals surface area contributed by atoms with Crippen LogP contribution in [-0.2, 0) is 29.2 Å². The number of likely N-dealkylation sites (N-methyl/N-ethyl adjacent to an activating group) is 1. The van der Waals surface area contributed by atoms with Gasteiger partial charge in [-0.2, -0.15) is 0 Å². The summed E-state index contributed by atoms with van der Waals surface area (Å²) in [6.45, 7) is 8.50. The second-order valence-electron chi connectivity index (χ2n) is 11.7. The summed E-state index contributed by atoms with van der Waals surface area (Å²) in [7, 11) is 2.07. The Morgan fingerprint density at radius 3 is 2.18 bits per heavy atom. The number of rotatable bonds is 12. The van der Waals surface area contributed by atoms with Gasteiger partial charge in [-0.3, -0.25) is 0 Å². The van der Waals surface area contributed by atoms with Crippen LogP contribution >= 0.6 is 0 Å². The van der Waals surface area contributed by atoms with Gasteiger partial charge in [-0.05, 0) is 46.5 Å². The predicted molar refractivity (Wildman–Crippen MR) is 178 cm³/mol. The van der Waals surface area contributed by atoms with Crippen molar-refractivity contribution in [2.45, 2.75) is 45.1 Å². The van der Waals surface area contributed by atoms with Gasteiger partial charge in [0.25, 0.3) is 0 Å². The van der Waals surface area contributed by atoms with Gasteiger partial charge in [-0.1, -0.05) is 110 Å². The molecule has 234 valence electrons. The molecule has 45 heavy (non-hydrogen) atoms. The second kappa shape index (κ2) is 15.6. The Bertz CT molecular complexity index is 1530. The summed E-state index contributed by atoms with van der Waals surface area (Å²) in [6.07, 6.45) is 1.17. The van der Waals surface area contributed by atoms with E-state index in [2.05, 4.69) is 72.5 Å². The molecule has 1 aliphatic heterocycles. The van der Waals surface area contributed by atoms with E-state index in [0.29, 0.717) is 13.1 Å². The van der Waals surface area contributed by atoms with Crippen LogP contribution in [0.1, 0.15) is 47.1 Å². The average molecular weight is 606 g/mol. The van der Waals surface area contributed by atoms with Crippen LogP contribution in [0.3, 0.4) is 0 Å². The molecule has 4 aromatic rings. The molecule has 0 radical (unpaired) electrons. The molecule has 5 rings (SSSR count). The molecule has 0 saturated carbocycles. The normalized spacial score (nSPS) is 19.6. The van der Waals surface area contributed by atoms with Crippen LogP contribution in [0.15, 0.2) is 116 Å². The molecule has 1 saturated heterocycles. The standard InChI is InChI=1S/C38H43N3O4/c1-4-21-41(3)25-35-27(2)36(32-15-13-29(26-42)14-16-32)45-37(44-35)33-19-17-31(18-20-33)34-12-8-11-30(22-34)24-40-38(43)39-23-28-9-6-5-7-10-28/h4-20,22,27,35-37,42H,1,21,23-26H2,2-3H3,(H2,39,40,43)/t27-,35+,36+,37+/m0/s1. The lowest BCUT2D eigenvalue weighted by Crippen LogP contribution is -2.43. The molecule has 0 aromatic heterocycles. The number of amides is 2. The van der Waals surface area contributed by atoms with E-state index in [1.165, 1.54) is 0 Å². The Balaban J connectivity index is 1.26. The fourth-order valence-electron chi connectivity index (χ4n) is 5.65. The predicted octanol–water partition coefficient (Wildman–Crippen LogP) is 6.75. The Labute approximate surface area is 266 Å². The zero-order chi connectivity index (χ0) is 31.6. The van der Waals surface area contributed by atoms with Crippen molar-refractivity contribution in [2.24, 2.45) is 5.92 Å². The highest BCUT2D eigenvalue weighted by Gasteiger charge is 2.38. The van der Waals surface area contributed by atoms with Crippen molar-refractivity contribution in [1.29, 1.82) is 0 Å². The zero-order valence-corrected chi connectivity index (χ0v) is 26.1. The third-order valence-corrected chi connectivity index (χ3v) is 8.25. The van der Waals surface area contributed by atoms with Gasteiger partial charge in [0.2, 0.25) is 0 Å². The highest BCUT2D eigenvalue weighted by atomic mass is 16.7. The number of aliphatic hydroxyl groups is 1. The van der Waals surface area contributed by atoms with Crippen LogP contribution in [0.4, 0.5) is 4.79 Å². The van der Waals surface area contributed by atoms with Gasteiger partial charge >= 0.3 is 6.03 Å². The quantitative estimate of drug-likeness (QED) is 0.156. The molecule has 4 atom stereocenters. The molecule has 1 heterocycles. The van der Waals surface area contributed by atoms with Crippen LogP contribution in [0, 0.1) is 5.92 Å². The number of nitrogens with one attached hydrogen (secondary N) is 2. The van der Waals surface area contributed by atoms with Gasteiger partial charge in [-0.25, -0.2) is 4.79 Å². The van der Waals surface area contributed by atoms with Crippen LogP contribution in [0.25, 0.3) is 11.1 Å². The smallest absolute Gasteiger partial charge is 0.315 e. The van der Waals surface area contributed by atoms with Crippen LogP contribution < -0.4 is 10.6 Å². The highest BCUT2D eigenvalue weighted by Crippen LogP contribution is 2.42. The molecule has 7 heteroatoms. The number of aliphatic hydroxyl groups excluding tert-OH is 1. The van der Waals surface area contributed by atoms with Gasteiger partial charge in [0.1, 0.15) is 0 Å². The van der Waals surface area contributed by atoms with Crippen molar-refractivity contribution < 1.29 is 19.4 Å². The molecule has 0 bridgehead atoms. The van der Waals surface area contributed by atoms with Crippen molar-refractivity contribution >= 4 is 6.03 Å². The van der Waals surface area contributed by atoms with Crippen LogP contribution in [0.2, 0.25) is 0 Å². The first-order valence-corrected chi connectivity index (χ1v) is 15.5. The first-order valence-electron chi connectivity index (χ1n) is 15.5. The fraction of sp³-hybridized carbons (Fsp3) is 0.289. The van der Waals surface area contributed by atoms with Crippen LogP contribution in [0.5, 0.6) is 0 Å². The van der Waals surface area contributed by atoms with E-state index in [0.717, 1.165) is 52.0 Å². The molecular weight excluding hydrogens is 562 g/mol. The summed E-state index contributed by atoms with van der Waals surface area (Å²) in [5.41, 5.74) is 7.10. The van der Waals surface area contributed by atoms with Crippen LogP contribution in [-0.4, -0.2) is 42.3 Å². The molecular formula is C38H43N3O4. The minimum atomic E-state index is -0.523.